The summed E-state index contributed by atoms with van der Waals surface area (Å²) in [6.07, 6.45) is 0.445. The Morgan fingerprint density at radius 1 is 1.20 bits per heavy atom. The summed E-state index contributed by atoms with van der Waals surface area (Å²) in [7, 11) is 0. The fourth-order valence-electron chi connectivity index (χ4n) is 3.33. The number of aliphatic hydroxyl groups excluding tert-OH is 1. The molecule has 30 heavy (non-hydrogen) atoms. The quantitative estimate of drug-likeness (QED) is 0.422. The smallest absolute Gasteiger partial charge is 0.262 e. The molecule has 1 aromatic heterocycles. The standard InChI is InChI=1S/C23H27N3O3S/c1-15(2)17-10-6-8-16(3)21(17)25-20(28)14-30-23-24-19-11-5-4-9-18(19)22(29)26(23)12-7-13-27/h4-6,8-11,15,27H,7,12-14H2,1-3H3,(H,25,28). The van der Waals surface area contributed by atoms with Gasteiger partial charge in [-0.1, -0.05) is 55.9 Å². The van der Waals surface area contributed by atoms with E-state index in [4.69, 9.17) is 0 Å². The Kier molecular flexibility index (Phi) is 7.29. The van der Waals surface area contributed by atoms with Gasteiger partial charge in [0.1, 0.15) is 0 Å². The van der Waals surface area contributed by atoms with Crippen LogP contribution in [0.3, 0.4) is 0 Å². The molecule has 0 atom stereocenters. The molecule has 7 heteroatoms. The van der Waals surface area contributed by atoms with Crippen LogP contribution in [0.4, 0.5) is 5.69 Å². The van der Waals surface area contributed by atoms with Crippen LogP contribution >= 0.6 is 11.8 Å². The first-order chi connectivity index (χ1) is 14.4. The zero-order valence-electron chi connectivity index (χ0n) is 17.5. The van der Waals surface area contributed by atoms with E-state index < -0.39 is 0 Å². The maximum atomic E-state index is 12.9. The number of thioether (sulfide) groups is 1. The molecule has 0 aliphatic heterocycles. The molecule has 2 aromatic carbocycles. The Labute approximate surface area is 180 Å². The SMILES string of the molecule is Cc1cccc(C(C)C)c1NC(=O)CSc1nc2ccccc2c(=O)n1CCCO. The maximum absolute atomic E-state index is 12.9. The molecule has 0 saturated heterocycles. The van der Waals surface area contributed by atoms with Crippen LogP contribution in [0.15, 0.2) is 52.4 Å². The molecule has 0 unspecified atom stereocenters. The van der Waals surface area contributed by atoms with Crippen molar-refractivity contribution in [3.63, 3.8) is 0 Å². The number of anilines is 1. The maximum Gasteiger partial charge on any atom is 0.262 e. The molecule has 3 rings (SSSR count). The van der Waals surface area contributed by atoms with Gasteiger partial charge in [-0.15, -0.1) is 0 Å². The van der Waals surface area contributed by atoms with Crippen LogP contribution < -0.4 is 10.9 Å². The summed E-state index contributed by atoms with van der Waals surface area (Å²) in [5.41, 5.74) is 3.41. The Morgan fingerprint density at radius 2 is 1.97 bits per heavy atom. The molecule has 3 aromatic rings. The lowest BCUT2D eigenvalue weighted by atomic mass is 9.98. The number of aliphatic hydroxyl groups is 1. The highest BCUT2D eigenvalue weighted by Crippen LogP contribution is 2.28. The Balaban J connectivity index is 1.83. The summed E-state index contributed by atoms with van der Waals surface area (Å²) in [5.74, 6) is 0.279. The molecule has 0 spiro atoms. The summed E-state index contributed by atoms with van der Waals surface area (Å²) in [6, 6.07) is 13.2. The molecule has 0 fully saturated rings. The number of amides is 1. The van der Waals surface area contributed by atoms with Crippen molar-refractivity contribution in [2.75, 3.05) is 17.7 Å². The van der Waals surface area contributed by atoms with Crippen molar-refractivity contribution in [1.29, 1.82) is 0 Å². The van der Waals surface area contributed by atoms with Crippen LogP contribution in [-0.2, 0) is 11.3 Å². The van der Waals surface area contributed by atoms with Crippen molar-refractivity contribution < 1.29 is 9.90 Å². The number of nitrogens with one attached hydrogen (secondary N) is 1. The van der Waals surface area contributed by atoms with Crippen molar-refractivity contribution in [2.45, 2.75) is 44.8 Å². The monoisotopic (exact) mass is 425 g/mol. The largest absolute Gasteiger partial charge is 0.396 e. The average molecular weight is 426 g/mol. The third kappa shape index (κ3) is 4.91. The fourth-order valence-corrected chi connectivity index (χ4v) is 4.16. The van der Waals surface area contributed by atoms with E-state index in [0.717, 1.165) is 16.8 Å². The van der Waals surface area contributed by atoms with Gasteiger partial charge < -0.3 is 10.4 Å². The number of nitrogens with zero attached hydrogens (tertiary/aromatic N) is 2. The minimum Gasteiger partial charge on any atom is -0.396 e. The Bertz CT molecular complexity index is 1110. The number of carbonyl (C=O) groups is 1. The summed E-state index contributed by atoms with van der Waals surface area (Å²) in [4.78, 5) is 30.2. The summed E-state index contributed by atoms with van der Waals surface area (Å²) in [6.45, 7) is 6.50. The number of rotatable bonds is 8. The predicted octanol–water partition coefficient (Wildman–Crippen LogP) is 3.94. The van der Waals surface area contributed by atoms with Gasteiger partial charge >= 0.3 is 0 Å². The van der Waals surface area contributed by atoms with Gasteiger partial charge in [-0.25, -0.2) is 4.98 Å². The molecule has 0 radical (unpaired) electrons. The van der Waals surface area contributed by atoms with Gasteiger partial charge in [0.15, 0.2) is 5.16 Å². The molecule has 1 heterocycles. The van der Waals surface area contributed by atoms with E-state index in [0.29, 0.717) is 34.9 Å². The minimum atomic E-state index is -0.155. The van der Waals surface area contributed by atoms with E-state index in [9.17, 15) is 14.7 Å². The molecule has 0 saturated carbocycles. The molecule has 2 N–H and O–H groups in total. The third-order valence-corrected chi connectivity index (χ3v) is 5.87. The van der Waals surface area contributed by atoms with Gasteiger partial charge in [-0.05, 0) is 42.5 Å². The Hall–Kier alpha value is -2.64. The van der Waals surface area contributed by atoms with Crippen LogP contribution in [0.2, 0.25) is 0 Å². The van der Waals surface area contributed by atoms with Crippen molar-refractivity contribution in [3.05, 3.63) is 63.9 Å². The normalized spacial score (nSPS) is 11.2. The van der Waals surface area contributed by atoms with Crippen molar-refractivity contribution in [1.82, 2.24) is 9.55 Å². The number of carbonyl (C=O) groups excluding carboxylic acids is 1. The molecule has 1 amide bonds. The number of aromatic nitrogens is 2. The van der Waals surface area contributed by atoms with Crippen LogP contribution in [0.5, 0.6) is 0 Å². The van der Waals surface area contributed by atoms with Crippen LogP contribution in [0.25, 0.3) is 10.9 Å². The van der Waals surface area contributed by atoms with Gasteiger partial charge in [0.2, 0.25) is 5.91 Å². The summed E-state index contributed by atoms with van der Waals surface area (Å²) in [5, 5.41) is 13.2. The zero-order chi connectivity index (χ0) is 21.7. The molecule has 158 valence electrons. The van der Waals surface area contributed by atoms with Gasteiger partial charge in [0.05, 0.1) is 16.7 Å². The first-order valence-corrected chi connectivity index (χ1v) is 11.0. The lowest BCUT2D eigenvalue weighted by Gasteiger charge is -2.17. The van der Waals surface area contributed by atoms with E-state index in [2.05, 4.69) is 24.1 Å². The highest BCUT2D eigenvalue weighted by atomic mass is 32.2. The van der Waals surface area contributed by atoms with Crippen LogP contribution in [-0.4, -0.2) is 32.9 Å². The van der Waals surface area contributed by atoms with Crippen molar-refractivity contribution >= 4 is 34.3 Å². The molecule has 0 aliphatic carbocycles. The van der Waals surface area contributed by atoms with E-state index in [1.54, 1.807) is 22.8 Å². The predicted molar refractivity (Wildman–Crippen MR) is 122 cm³/mol. The molecule has 0 bridgehead atoms. The first kappa shape index (κ1) is 22.1. The highest BCUT2D eigenvalue weighted by molar-refractivity contribution is 7.99. The van der Waals surface area contributed by atoms with E-state index in [-0.39, 0.29) is 23.8 Å². The van der Waals surface area contributed by atoms with Gasteiger partial charge in [-0.3, -0.25) is 14.2 Å². The van der Waals surface area contributed by atoms with Gasteiger partial charge in [0, 0.05) is 18.8 Å². The van der Waals surface area contributed by atoms with E-state index in [1.165, 1.54) is 11.8 Å². The van der Waals surface area contributed by atoms with Gasteiger partial charge in [-0.2, -0.15) is 0 Å². The molecular formula is C23H27N3O3S. The molecule has 0 aliphatic rings. The second kappa shape index (κ2) is 9.91. The topological polar surface area (TPSA) is 84.2 Å². The van der Waals surface area contributed by atoms with E-state index >= 15 is 0 Å². The Morgan fingerprint density at radius 3 is 2.70 bits per heavy atom. The number of hydrogen-bond donors (Lipinski definition) is 2. The fraction of sp³-hybridized carbons (Fsp3) is 0.348. The number of benzene rings is 2. The summed E-state index contributed by atoms with van der Waals surface area (Å²) < 4.78 is 1.55. The second-order valence-electron chi connectivity index (χ2n) is 7.48. The first-order valence-electron chi connectivity index (χ1n) is 10.0. The highest BCUT2D eigenvalue weighted by Gasteiger charge is 2.15. The average Bonchev–Trinajstić information content (AvgIpc) is 2.73. The molecule has 6 nitrogen and oxygen atoms in total. The second-order valence-corrected chi connectivity index (χ2v) is 8.42. The van der Waals surface area contributed by atoms with Crippen molar-refractivity contribution in [3.8, 4) is 0 Å². The van der Waals surface area contributed by atoms with Crippen LogP contribution in [0.1, 0.15) is 37.3 Å². The van der Waals surface area contributed by atoms with Crippen molar-refractivity contribution in [2.24, 2.45) is 0 Å². The lowest BCUT2D eigenvalue weighted by molar-refractivity contribution is -0.113. The lowest BCUT2D eigenvalue weighted by Crippen LogP contribution is -2.25. The van der Waals surface area contributed by atoms with Gasteiger partial charge in [0.25, 0.3) is 5.56 Å². The number of para-hydroxylation sites is 2. The number of fused-ring (bicyclic) bond motifs is 1. The molecular weight excluding hydrogens is 398 g/mol. The third-order valence-electron chi connectivity index (χ3n) is 4.89. The minimum absolute atomic E-state index is 0.0187. The zero-order valence-corrected chi connectivity index (χ0v) is 18.3. The number of aryl methyl sites for hydroxylation is 1. The summed E-state index contributed by atoms with van der Waals surface area (Å²) >= 11 is 1.23. The van der Waals surface area contributed by atoms with Crippen LogP contribution in [0, 0.1) is 6.92 Å². The van der Waals surface area contributed by atoms with E-state index in [1.807, 2.05) is 31.2 Å². The number of hydrogen-bond acceptors (Lipinski definition) is 5.